The first-order valence-corrected chi connectivity index (χ1v) is 8.38. The predicted molar refractivity (Wildman–Crippen MR) is 96.2 cm³/mol. The van der Waals surface area contributed by atoms with Crippen molar-refractivity contribution in [3.63, 3.8) is 0 Å². The summed E-state index contributed by atoms with van der Waals surface area (Å²) in [5.74, 6) is 1.40. The van der Waals surface area contributed by atoms with Crippen LogP contribution in [-0.4, -0.2) is 23.7 Å². The molecule has 1 N–H and O–H groups in total. The van der Waals surface area contributed by atoms with E-state index in [1.54, 1.807) is 0 Å². The van der Waals surface area contributed by atoms with E-state index in [-0.39, 0.29) is 11.9 Å². The van der Waals surface area contributed by atoms with Gasteiger partial charge in [0.15, 0.2) is 11.5 Å². The van der Waals surface area contributed by atoms with Crippen LogP contribution in [0, 0.1) is 0 Å². The quantitative estimate of drug-likeness (QED) is 0.797. The number of aromatic nitrogens is 1. The fourth-order valence-corrected chi connectivity index (χ4v) is 3.21. The van der Waals surface area contributed by atoms with E-state index >= 15 is 0 Å². The Bertz CT molecular complexity index is 945. The Balaban J connectivity index is 1.58. The molecule has 0 radical (unpaired) electrons. The van der Waals surface area contributed by atoms with Gasteiger partial charge in [-0.25, -0.2) is 0 Å². The Hall–Kier alpha value is -2.95. The van der Waals surface area contributed by atoms with Crippen molar-refractivity contribution in [3.8, 4) is 11.5 Å². The summed E-state index contributed by atoms with van der Waals surface area (Å²) in [6, 6.07) is 13.6. The van der Waals surface area contributed by atoms with E-state index in [1.807, 2.05) is 67.2 Å². The molecule has 1 amide bonds. The lowest BCUT2D eigenvalue weighted by Gasteiger charge is -2.21. The van der Waals surface area contributed by atoms with E-state index in [2.05, 4.69) is 5.32 Å². The number of rotatable bonds is 3. The van der Waals surface area contributed by atoms with Crippen molar-refractivity contribution < 1.29 is 14.3 Å². The van der Waals surface area contributed by atoms with E-state index in [9.17, 15) is 4.79 Å². The highest BCUT2D eigenvalue weighted by atomic mass is 16.6. The van der Waals surface area contributed by atoms with Gasteiger partial charge >= 0.3 is 0 Å². The van der Waals surface area contributed by atoms with Gasteiger partial charge in [0.25, 0.3) is 5.91 Å². The number of hydrogen-bond donors (Lipinski definition) is 1. The summed E-state index contributed by atoms with van der Waals surface area (Å²) < 4.78 is 13.1. The third-order valence-corrected chi connectivity index (χ3v) is 4.56. The molecule has 0 bridgehead atoms. The largest absolute Gasteiger partial charge is 0.486 e. The van der Waals surface area contributed by atoms with Crippen LogP contribution >= 0.6 is 0 Å². The van der Waals surface area contributed by atoms with Crippen LogP contribution in [0.15, 0.2) is 48.7 Å². The molecular weight excluding hydrogens is 316 g/mol. The second-order valence-electron chi connectivity index (χ2n) is 6.27. The number of para-hydroxylation sites is 1. The van der Waals surface area contributed by atoms with Crippen molar-refractivity contribution >= 4 is 16.8 Å². The fourth-order valence-electron chi connectivity index (χ4n) is 3.21. The number of benzene rings is 2. The molecule has 1 aliphatic rings. The number of aryl methyl sites for hydroxylation is 1. The lowest BCUT2D eigenvalue weighted by atomic mass is 10.1. The molecule has 1 atom stereocenters. The number of carbonyl (C=O) groups is 1. The highest BCUT2D eigenvalue weighted by molar-refractivity contribution is 6.07. The van der Waals surface area contributed by atoms with Crippen LogP contribution in [0.5, 0.6) is 11.5 Å². The van der Waals surface area contributed by atoms with Crippen LogP contribution in [0.2, 0.25) is 0 Å². The number of ether oxygens (including phenoxy) is 2. The molecule has 2 heterocycles. The molecule has 5 heteroatoms. The number of nitrogens with one attached hydrogen (secondary N) is 1. The van der Waals surface area contributed by atoms with E-state index in [0.717, 1.165) is 28.0 Å². The number of amides is 1. The zero-order chi connectivity index (χ0) is 17.4. The molecule has 25 heavy (non-hydrogen) atoms. The third kappa shape index (κ3) is 2.82. The van der Waals surface area contributed by atoms with Gasteiger partial charge in [0.1, 0.15) is 13.2 Å². The first-order chi connectivity index (χ1) is 12.1. The van der Waals surface area contributed by atoms with E-state index in [0.29, 0.717) is 18.8 Å². The molecule has 0 fully saturated rings. The minimum absolute atomic E-state index is 0.0841. The van der Waals surface area contributed by atoms with E-state index in [4.69, 9.17) is 9.47 Å². The Kier molecular flexibility index (Phi) is 3.84. The first-order valence-electron chi connectivity index (χ1n) is 8.38. The summed E-state index contributed by atoms with van der Waals surface area (Å²) in [5.41, 5.74) is 2.71. The van der Waals surface area contributed by atoms with Gasteiger partial charge in [0.05, 0.1) is 11.6 Å². The molecule has 3 aromatic rings. The van der Waals surface area contributed by atoms with Crippen LogP contribution in [0.25, 0.3) is 10.9 Å². The minimum atomic E-state index is -0.137. The maximum Gasteiger partial charge on any atom is 0.253 e. The Morgan fingerprint density at radius 2 is 1.88 bits per heavy atom. The van der Waals surface area contributed by atoms with E-state index < -0.39 is 0 Å². The average molecular weight is 336 g/mol. The van der Waals surface area contributed by atoms with Crippen molar-refractivity contribution in [3.05, 3.63) is 59.8 Å². The predicted octanol–water partition coefficient (Wildman–Crippen LogP) is 3.44. The molecule has 128 valence electrons. The monoisotopic (exact) mass is 336 g/mol. The zero-order valence-electron chi connectivity index (χ0n) is 14.3. The van der Waals surface area contributed by atoms with Crippen molar-refractivity contribution in [2.24, 2.45) is 7.05 Å². The number of nitrogens with zero attached hydrogens (tertiary/aromatic N) is 1. The molecule has 2 aromatic carbocycles. The number of carbonyl (C=O) groups excluding carboxylic acids is 1. The van der Waals surface area contributed by atoms with Crippen molar-refractivity contribution in [1.29, 1.82) is 0 Å². The van der Waals surface area contributed by atoms with Gasteiger partial charge in [-0.2, -0.15) is 0 Å². The highest BCUT2D eigenvalue weighted by Gasteiger charge is 2.18. The summed E-state index contributed by atoms with van der Waals surface area (Å²) in [4.78, 5) is 12.8. The number of hydrogen-bond acceptors (Lipinski definition) is 3. The van der Waals surface area contributed by atoms with Crippen molar-refractivity contribution in [2.45, 2.75) is 13.0 Å². The zero-order valence-corrected chi connectivity index (χ0v) is 14.3. The topological polar surface area (TPSA) is 52.5 Å². The first kappa shape index (κ1) is 15.6. The SMILES string of the molecule is C[C@@H](NC(=O)c1cn(C)c2ccccc12)c1ccc2c(c1)OCCO2. The third-order valence-electron chi connectivity index (χ3n) is 4.56. The summed E-state index contributed by atoms with van der Waals surface area (Å²) in [6.45, 7) is 3.08. The molecule has 4 rings (SSSR count). The van der Waals surface area contributed by atoms with Gasteiger partial charge < -0.3 is 19.4 Å². The maximum atomic E-state index is 12.8. The summed E-state index contributed by atoms with van der Waals surface area (Å²) in [6.07, 6.45) is 1.87. The Labute approximate surface area is 146 Å². The molecular formula is C20H20N2O3. The van der Waals surface area contributed by atoms with Gasteiger partial charge in [0, 0.05) is 24.1 Å². The standard InChI is InChI=1S/C20H20N2O3/c1-13(14-7-8-18-19(11-14)25-10-9-24-18)21-20(23)16-12-22(2)17-6-4-3-5-15(16)17/h3-8,11-13H,9-10H2,1-2H3,(H,21,23)/t13-/m1/s1. The summed E-state index contributed by atoms with van der Waals surface area (Å²) in [7, 11) is 1.95. The van der Waals surface area contributed by atoms with Crippen LogP contribution in [0.3, 0.4) is 0 Å². The minimum Gasteiger partial charge on any atom is -0.486 e. The molecule has 0 unspecified atom stereocenters. The van der Waals surface area contributed by atoms with Gasteiger partial charge in [-0.15, -0.1) is 0 Å². The molecule has 5 nitrogen and oxygen atoms in total. The Morgan fingerprint density at radius 1 is 1.12 bits per heavy atom. The smallest absolute Gasteiger partial charge is 0.253 e. The lowest BCUT2D eigenvalue weighted by molar-refractivity contribution is 0.0941. The maximum absolute atomic E-state index is 12.8. The van der Waals surface area contributed by atoms with Gasteiger partial charge in [-0.1, -0.05) is 24.3 Å². The van der Waals surface area contributed by atoms with Crippen LogP contribution < -0.4 is 14.8 Å². The second kappa shape index (κ2) is 6.16. The summed E-state index contributed by atoms with van der Waals surface area (Å²) >= 11 is 0. The molecule has 1 aromatic heterocycles. The molecule has 0 saturated heterocycles. The van der Waals surface area contributed by atoms with E-state index in [1.165, 1.54) is 0 Å². The van der Waals surface area contributed by atoms with Crippen LogP contribution in [0.1, 0.15) is 28.9 Å². The normalized spacial score (nSPS) is 14.3. The molecule has 1 aliphatic heterocycles. The lowest BCUT2D eigenvalue weighted by Crippen LogP contribution is -2.26. The van der Waals surface area contributed by atoms with Gasteiger partial charge in [0.2, 0.25) is 0 Å². The Morgan fingerprint density at radius 3 is 2.72 bits per heavy atom. The van der Waals surface area contributed by atoms with Crippen molar-refractivity contribution in [1.82, 2.24) is 9.88 Å². The highest BCUT2D eigenvalue weighted by Crippen LogP contribution is 2.32. The number of fused-ring (bicyclic) bond motifs is 2. The second-order valence-corrected chi connectivity index (χ2v) is 6.27. The average Bonchev–Trinajstić information content (AvgIpc) is 2.98. The van der Waals surface area contributed by atoms with Gasteiger partial charge in [-0.05, 0) is 30.7 Å². The fraction of sp³-hybridized carbons (Fsp3) is 0.250. The van der Waals surface area contributed by atoms with Crippen LogP contribution in [-0.2, 0) is 7.05 Å². The molecule has 0 spiro atoms. The van der Waals surface area contributed by atoms with Gasteiger partial charge in [-0.3, -0.25) is 4.79 Å². The van der Waals surface area contributed by atoms with Crippen LogP contribution in [0.4, 0.5) is 0 Å². The summed E-state index contributed by atoms with van der Waals surface area (Å²) in [5, 5.41) is 4.03. The molecule has 0 aliphatic carbocycles. The van der Waals surface area contributed by atoms with Crippen molar-refractivity contribution in [2.75, 3.05) is 13.2 Å². The molecule has 0 saturated carbocycles.